The third-order valence-corrected chi connectivity index (χ3v) is 6.46. The number of hydrogen-bond acceptors (Lipinski definition) is 5. The molecule has 0 fully saturated rings. The summed E-state index contributed by atoms with van der Waals surface area (Å²) < 4.78 is 1.42. The van der Waals surface area contributed by atoms with Crippen molar-refractivity contribution in [3.05, 3.63) is 112 Å². The first-order chi connectivity index (χ1) is 18.6. The SMILES string of the molecule is O=C(Cn1c(-c2ccccc2)ncc(NCCCc2ccc(Cl)cc2)c1=O)NCc1cc2cnccc2[nH]1. The van der Waals surface area contributed by atoms with Gasteiger partial charge in [0.15, 0.2) is 0 Å². The van der Waals surface area contributed by atoms with E-state index in [-0.39, 0.29) is 18.0 Å². The second-order valence-corrected chi connectivity index (χ2v) is 9.38. The first kappa shape index (κ1) is 25.2. The maximum absolute atomic E-state index is 13.4. The van der Waals surface area contributed by atoms with Crippen LogP contribution >= 0.6 is 11.6 Å². The molecule has 0 radical (unpaired) electrons. The number of nitrogens with one attached hydrogen (secondary N) is 3. The Balaban J connectivity index is 1.29. The first-order valence-electron chi connectivity index (χ1n) is 12.4. The van der Waals surface area contributed by atoms with Crippen LogP contribution in [0.2, 0.25) is 5.02 Å². The number of hydrogen-bond donors (Lipinski definition) is 3. The van der Waals surface area contributed by atoms with Gasteiger partial charge in [0.1, 0.15) is 18.1 Å². The van der Waals surface area contributed by atoms with Crippen LogP contribution in [0, 0.1) is 0 Å². The van der Waals surface area contributed by atoms with Crippen molar-refractivity contribution >= 4 is 34.1 Å². The minimum Gasteiger partial charge on any atom is -0.379 e. The zero-order valence-corrected chi connectivity index (χ0v) is 21.4. The average molecular weight is 527 g/mol. The topological polar surface area (TPSA) is 105 Å². The van der Waals surface area contributed by atoms with Crippen LogP contribution in [0.5, 0.6) is 0 Å². The highest BCUT2D eigenvalue weighted by Crippen LogP contribution is 2.17. The number of amides is 1. The second-order valence-electron chi connectivity index (χ2n) is 8.94. The van der Waals surface area contributed by atoms with Gasteiger partial charge in [-0.05, 0) is 42.7 Å². The molecule has 0 bridgehead atoms. The molecule has 1 amide bonds. The zero-order chi connectivity index (χ0) is 26.3. The predicted octanol–water partition coefficient (Wildman–Crippen LogP) is 4.80. The summed E-state index contributed by atoms with van der Waals surface area (Å²) in [6.07, 6.45) is 6.69. The molecule has 0 spiro atoms. The number of aryl methyl sites for hydroxylation is 1. The molecule has 3 aromatic heterocycles. The molecule has 3 N–H and O–H groups in total. The van der Waals surface area contributed by atoms with Gasteiger partial charge in [-0.15, -0.1) is 0 Å². The van der Waals surface area contributed by atoms with E-state index in [0.717, 1.165) is 35.0 Å². The number of rotatable bonds is 10. The minimum atomic E-state index is -0.294. The number of nitrogens with zero attached hydrogens (tertiary/aromatic N) is 3. The lowest BCUT2D eigenvalue weighted by Gasteiger charge is -2.15. The van der Waals surface area contributed by atoms with Crippen molar-refractivity contribution in [2.75, 3.05) is 11.9 Å². The summed E-state index contributed by atoms with van der Waals surface area (Å²) >= 11 is 5.96. The van der Waals surface area contributed by atoms with E-state index < -0.39 is 0 Å². The number of carbonyl (C=O) groups excluding carboxylic acids is 1. The van der Waals surface area contributed by atoms with Crippen LogP contribution in [0.3, 0.4) is 0 Å². The number of aromatic nitrogens is 4. The Labute approximate surface area is 224 Å². The van der Waals surface area contributed by atoms with Crippen molar-refractivity contribution in [2.45, 2.75) is 25.9 Å². The summed E-state index contributed by atoms with van der Waals surface area (Å²) in [7, 11) is 0. The lowest BCUT2D eigenvalue weighted by atomic mass is 10.1. The van der Waals surface area contributed by atoms with Crippen LogP contribution in [0.15, 0.2) is 90.1 Å². The van der Waals surface area contributed by atoms with Crippen molar-refractivity contribution in [3.8, 4) is 11.4 Å². The fourth-order valence-corrected chi connectivity index (χ4v) is 4.39. The number of carbonyl (C=O) groups is 1. The summed E-state index contributed by atoms with van der Waals surface area (Å²) in [4.78, 5) is 38.3. The molecule has 0 unspecified atom stereocenters. The number of benzene rings is 2. The van der Waals surface area contributed by atoms with Crippen LogP contribution in [0.1, 0.15) is 17.7 Å². The van der Waals surface area contributed by atoms with Crippen LogP contribution in [-0.4, -0.2) is 32.0 Å². The first-order valence-corrected chi connectivity index (χ1v) is 12.8. The molecule has 2 aromatic carbocycles. The van der Waals surface area contributed by atoms with Crippen LogP contribution in [0.25, 0.3) is 22.3 Å². The summed E-state index contributed by atoms with van der Waals surface area (Å²) in [5.41, 5.74) is 3.80. The third kappa shape index (κ3) is 6.10. The van der Waals surface area contributed by atoms with Gasteiger partial charge >= 0.3 is 0 Å². The number of halogens is 1. The van der Waals surface area contributed by atoms with E-state index in [1.807, 2.05) is 66.7 Å². The van der Waals surface area contributed by atoms with Crippen molar-refractivity contribution in [3.63, 3.8) is 0 Å². The third-order valence-electron chi connectivity index (χ3n) is 6.20. The number of anilines is 1. The second kappa shape index (κ2) is 11.7. The lowest BCUT2D eigenvalue weighted by Crippen LogP contribution is -2.34. The monoisotopic (exact) mass is 526 g/mol. The van der Waals surface area contributed by atoms with Gasteiger partial charge < -0.3 is 15.6 Å². The molecule has 192 valence electrons. The van der Waals surface area contributed by atoms with Gasteiger partial charge in [0.25, 0.3) is 5.56 Å². The van der Waals surface area contributed by atoms with Crippen LogP contribution in [-0.2, 0) is 24.3 Å². The van der Waals surface area contributed by atoms with E-state index in [1.165, 1.54) is 10.1 Å². The number of pyridine rings is 1. The van der Waals surface area contributed by atoms with Gasteiger partial charge in [-0.1, -0.05) is 54.1 Å². The molecule has 3 heterocycles. The van der Waals surface area contributed by atoms with Crippen molar-refractivity contribution in [1.82, 2.24) is 24.8 Å². The zero-order valence-electron chi connectivity index (χ0n) is 20.7. The molecular weight excluding hydrogens is 500 g/mol. The molecule has 38 heavy (non-hydrogen) atoms. The summed E-state index contributed by atoms with van der Waals surface area (Å²) in [6, 6.07) is 20.9. The smallest absolute Gasteiger partial charge is 0.277 e. The normalized spacial score (nSPS) is 11.0. The maximum Gasteiger partial charge on any atom is 0.277 e. The molecule has 0 atom stereocenters. The largest absolute Gasteiger partial charge is 0.379 e. The van der Waals surface area contributed by atoms with Crippen molar-refractivity contribution in [1.29, 1.82) is 0 Å². The van der Waals surface area contributed by atoms with Gasteiger partial charge in [0.05, 0.1) is 12.7 Å². The fraction of sp³-hybridized carbons (Fsp3) is 0.172. The Morgan fingerprint density at radius 1 is 1.03 bits per heavy atom. The van der Waals surface area contributed by atoms with Crippen LogP contribution < -0.4 is 16.2 Å². The average Bonchev–Trinajstić information content (AvgIpc) is 3.36. The molecule has 5 rings (SSSR count). The van der Waals surface area contributed by atoms with E-state index in [2.05, 4.69) is 25.6 Å². The van der Waals surface area contributed by atoms with E-state index >= 15 is 0 Å². The Morgan fingerprint density at radius 3 is 2.63 bits per heavy atom. The van der Waals surface area contributed by atoms with Gasteiger partial charge in [-0.3, -0.25) is 19.1 Å². The molecule has 0 aliphatic heterocycles. The molecule has 0 saturated heterocycles. The highest BCUT2D eigenvalue weighted by molar-refractivity contribution is 6.30. The van der Waals surface area contributed by atoms with Gasteiger partial charge in [-0.2, -0.15) is 0 Å². The van der Waals surface area contributed by atoms with Crippen molar-refractivity contribution in [2.24, 2.45) is 0 Å². The maximum atomic E-state index is 13.4. The molecule has 9 heteroatoms. The molecule has 8 nitrogen and oxygen atoms in total. The Bertz CT molecular complexity index is 1560. The van der Waals surface area contributed by atoms with E-state index in [1.54, 1.807) is 18.6 Å². The Kier molecular flexibility index (Phi) is 7.80. The Morgan fingerprint density at radius 2 is 1.84 bits per heavy atom. The van der Waals surface area contributed by atoms with Crippen molar-refractivity contribution < 1.29 is 4.79 Å². The van der Waals surface area contributed by atoms with E-state index in [0.29, 0.717) is 29.6 Å². The van der Waals surface area contributed by atoms with Gasteiger partial charge in [0.2, 0.25) is 5.91 Å². The quantitative estimate of drug-likeness (QED) is 0.227. The van der Waals surface area contributed by atoms with E-state index in [4.69, 9.17) is 11.6 Å². The standard InChI is InChI=1S/C29H27ClN6O2/c30-23-10-8-20(9-11-23)5-4-13-32-26-18-34-28(21-6-2-1-3-7-21)36(29(26)38)19-27(37)33-17-24-15-22-16-31-14-12-25(22)35-24/h1-3,6-12,14-16,18,32,35H,4-5,13,17,19H2,(H,33,37). The number of H-pyrrole nitrogens is 1. The minimum absolute atomic E-state index is 0.155. The predicted molar refractivity (Wildman–Crippen MR) is 150 cm³/mol. The lowest BCUT2D eigenvalue weighted by molar-refractivity contribution is -0.121. The van der Waals surface area contributed by atoms with E-state index in [9.17, 15) is 9.59 Å². The summed E-state index contributed by atoms with van der Waals surface area (Å²) in [5, 5.41) is 7.77. The van der Waals surface area contributed by atoms with Crippen LogP contribution in [0.4, 0.5) is 5.69 Å². The fourth-order valence-electron chi connectivity index (χ4n) is 4.27. The summed E-state index contributed by atoms with van der Waals surface area (Å²) in [6.45, 7) is 0.739. The molecule has 0 aliphatic rings. The highest BCUT2D eigenvalue weighted by Gasteiger charge is 2.15. The number of aromatic amines is 1. The molecular formula is C29H27ClN6O2. The van der Waals surface area contributed by atoms with Gasteiger partial charge in [-0.25, -0.2) is 4.98 Å². The molecule has 5 aromatic rings. The number of fused-ring (bicyclic) bond motifs is 1. The van der Waals surface area contributed by atoms with Gasteiger partial charge in [0, 0.05) is 46.1 Å². The molecule has 0 aliphatic carbocycles. The summed E-state index contributed by atoms with van der Waals surface area (Å²) in [5.74, 6) is 0.150. The molecule has 0 saturated carbocycles. The highest BCUT2D eigenvalue weighted by atomic mass is 35.5. The Hall–Kier alpha value is -4.43.